The summed E-state index contributed by atoms with van der Waals surface area (Å²) in [4.78, 5) is 38.8. The molecule has 2 N–H and O–H groups in total. The lowest BCUT2D eigenvalue weighted by molar-refractivity contribution is -0.127. The number of nitriles is 1. The lowest BCUT2D eigenvalue weighted by Gasteiger charge is -2.26. The van der Waals surface area contributed by atoms with Crippen LogP contribution in [0.15, 0.2) is 59.0 Å². The number of thiophene rings is 1. The second-order valence-corrected chi connectivity index (χ2v) is 12.8. The Bertz CT molecular complexity index is 1720. The molecule has 1 atom stereocenters. The highest BCUT2D eigenvalue weighted by molar-refractivity contribution is 7.17. The molecule has 7 rings (SSSR count). The van der Waals surface area contributed by atoms with Gasteiger partial charge in [-0.2, -0.15) is 5.26 Å². The fourth-order valence-corrected chi connectivity index (χ4v) is 6.57. The van der Waals surface area contributed by atoms with E-state index in [9.17, 15) is 14.9 Å². The monoisotopic (exact) mass is 595 g/mol. The highest BCUT2D eigenvalue weighted by Crippen LogP contribution is 2.33. The number of benzene rings is 1. The van der Waals surface area contributed by atoms with Gasteiger partial charge in [0.25, 0.3) is 11.8 Å². The van der Waals surface area contributed by atoms with Crippen LogP contribution in [0.4, 0.5) is 5.95 Å². The molecule has 11 heteroatoms. The van der Waals surface area contributed by atoms with Gasteiger partial charge in [0.15, 0.2) is 12.2 Å². The first kappa shape index (κ1) is 27.6. The zero-order valence-corrected chi connectivity index (χ0v) is 24.6. The molecule has 0 bridgehead atoms. The summed E-state index contributed by atoms with van der Waals surface area (Å²) in [5.41, 5.74) is 3.05. The molecule has 4 aromatic rings. The van der Waals surface area contributed by atoms with Crippen molar-refractivity contribution >= 4 is 40.1 Å². The number of hydrogen-bond donors (Lipinski definition) is 2. The van der Waals surface area contributed by atoms with E-state index in [4.69, 9.17) is 9.40 Å². The van der Waals surface area contributed by atoms with E-state index in [0.29, 0.717) is 35.6 Å². The predicted octanol–water partition coefficient (Wildman–Crippen LogP) is 5.36. The summed E-state index contributed by atoms with van der Waals surface area (Å²) in [6.07, 6.45) is 11.2. The van der Waals surface area contributed by atoms with Crippen molar-refractivity contribution in [3.8, 4) is 16.7 Å². The van der Waals surface area contributed by atoms with E-state index < -0.39 is 0 Å². The number of hydrogen-bond acceptors (Lipinski definition) is 8. The molecule has 1 aromatic carbocycles. The van der Waals surface area contributed by atoms with Crippen LogP contribution in [0.1, 0.15) is 53.8 Å². The van der Waals surface area contributed by atoms with Gasteiger partial charge in [0, 0.05) is 19.6 Å². The molecule has 3 aromatic heterocycles. The zero-order valence-electron chi connectivity index (χ0n) is 23.8. The number of carbonyl (C=O) groups is 2. The maximum absolute atomic E-state index is 13.4. The second kappa shape index (κ2) is 11.8. The molecule has 0 spiro atoms. The number of carbonyl (C=O) groups excluding carboxylic acids is 2. The lowest BCUT2D eigenvalue weighted by atomic mass is 10.1. The largest absolute Gasteiger partial charge is 0.443 e. The Labute approximate surface area is 253 Å². The highest BCUT2D eigenvalue weighted by atomic mass is 32.1. The van der Waals surface area contributed by atoms with Crippen molar-refractivity contribution in [1.29, 1.82) is 5.26 Å². The SMILES string of the molecule is N#C/C(=C/C1CC1)C(=O)N1CCC[C@@H]1Cn1c(NC(=O)c2ccc(-c3cnco3)s2)nc2cc(CNCC3CC3)ccc21. The van der Waals surface area contributed by atoms with Crippen LogP contribution in [0.5, 0.6) is 0 Å². The molecule has 4 heterocycles. The van der Waals surface area contributed by atoms with Gasteiger partial charge in [-0.3, -0.25) is 14.9 Å². The van der Waals surface area contributed by atoms with Gasteiger partial charge >= 0.3 is 0 Å². The number of nitrogens with zero attached hydrogens (tertiary/aromatic N) is 5. The van der Waals surface area contributed by atoms with Gasteiger partial charge in [-0.05, 0) is 86.7 Å². The maximum atomic E-state index is 13.4. The first-order valence-electron chi connectivity index (χ1n) is 15.0. The smallest absolute Gasteiger partial charge is 0.268 e. The van der Waals surface area contributed by atoms with E-state index in [0.717, 1.165) is 66.2 Å². The normalized spacial score (nSPS) is 18.7. The number of imidazole rings is 1. The Morgan fingerprint density at radius 1 is 1.16 bits per heavy atom. The zero-order chi connectivity index (χ0) is 29.3. The summed E-state index contributed by atoms with van der Waals surface area (Å²) >= 11 is 1.32. The van der Waals surface area contributed by atoms with E-state index in [1.54, 1.807) is 12.3 Å². The summed E-state index contributed by atoms with van der Waals surface area (Å²) < 4.78 is 7.39. The molecule has 10 nitrogen and oxygen atoms in total. The number of aromatic nitrogens is 3. The second-order valence-electron chi connectivity index (χ2n) is 11.8. The van der Waals surface area contributed by atoms with Crippen LogP contribution in [-0.4, -0.2) is 50.4 Å². The van der Waals surface area contributed by atoms with Crippen LogP contribution < -0.4 is 10.6 Å². The van der Waals surface area contributed by atoms with Gasteiger partial charge in [-0.15, -0.1) is 11.3 Å². The molecule has 3 fully saturated rings. The van der Waals surface area contributed by atoms with Crippen molar-refractivity contribution in [2.45, 2.75) is 57.7 Å². The van der Waals surface area contributed by atoms with Gasteiger partial charge in [0.05, 0.1) is 33.0 Å². The molecular weight excluding hydrogens is 562 g/mol. The fraction of sp³-hybridized carbons (Fsp3) is 0.406. The summed E-state index contributed by atoms with van der Waals surface area (Å²) in [5.74, 6) is 1.72. The molecule has 1 aliphatic heterocycles. The Balaban J connectivity index is 1.16. The summed E-state index contributed by atoms with van der Waals surface area (Å²) in [7, 11) is 0. The van der Waals surface area contributed by atoms with Crippen LogP contribution in [0.2, 0.25) is 0 Å². The lowest BCUT2D eigenvalue weighted by Crippen LogP contribution is -2.39. The van der Waals surface area contributed by atoms with Gasteiger partial charge < -0.3 is 19.2 Å². The number of fused-ring (bicyclic) bond motifs is 1. The highest BCUT2D eigenvalue weighted by Gasteiger charge is 2.33. The molecule has 1 saturated heterocycles. The Hall–Kier alpha value is -4.27. The van der Waals surface area contributed by atoms with E-state index in [-0.39, 0.29) is 23.4 Å². The minimum absolute atomic E-state index is 0.115. The van der Waals surface area contributed by atoms with Crippen molar-refractivity contribution < 1.29 is 14.0 Å². The summed E-state index contributed by atoms with van der Waals surface area (Å²) in [5, 5.41) is 16.3. The molecule has 0 unspecified atom stereocenters. The number of amides is 2. The average molecular weight is 596 g/mol. The van der Waals surface area contributed by atoms with Gasteiger partial charge in [-0.1, -0.05) is 12.1 Å². The van der Waals surface area contributed by atoms with Crippen LogP contribution >= 0.6 is 11.3 Å². The number of rotatable bonds is 11. The first-order valence-corrected chi connectivity index (χ1v) is 15.8. The molecule has 2 aliphatic carbocycles. The summed E-state index contributed by atoms with van der Waals surface area (Å²) in [6, 6.07) is 11.8. The number of allylic oxidation sites excluding steroid dienone is 1. The number of anilines is 1. The third-order valence-electron chi connectivity index (χ3n) is 8.41. The Morgan fingerprint density at radius 2 is 2.05 bits per heavy atom. The minimum atomic E-state index is -0.267. The number of nitrogens with one attached hydrogen (secondary N) is 2. The van der Waals surface area contributed by atoms with E-state index in [2.05, 4.69) is 33.8 Å². The average Bonchev–Trinajstić information content (AvgIpc) is 3.73. The maximum Gasteiger partial charge on any atom is 0.268 e. The molecule has 2 amide bonds. The molecule has 0 radical (unpaired) electrons. The molecule has 220 valence electrons. The van der Waals surface area contributed by atoms with E-state index in [1.165, 1.54) is 30.6 Å². The van der Waals surface area contributed by atoms with Crippen LogP contribution in [-0.2, 0) is 17.9 Å². The summed E-state index contributed by atoms with van der Waals surface area (Å²) in [6.45, 7) is 2.86. The van der Waals surface area contributed by atoms with Crippen molar-refractivity contribution in [2.75, 3.05) is 18.4 Å². The van der Waals surface area contributed by atoms with Crippen molar-refractivity contribution in [3.05, 3.63) is 65.0 Å². The van der Waals surface area contributed by atoms with Gasteiger partial charge in [0.2, 0.25) is 5.95 Å². The molecular formula is C32H33N7O3S. The van der Waals surface area contributed by atoms with Crippen molar-refractivity contribution in [1.82, 2.24) is 24.8 Å². The van der Waals surface area contributed by atoms with Gasteiger partial charge in [-0.25, -0.2) is 9.97 Å². The first-order chi connectivity index (χ1) is 21.1. The number of likely N-dealkylation sites (tertiary alicyclic amines) is 1. The van der Waals surface area contributed by atoms with Crippen molar-refractivity contribution in [2.24, 2.45) is 11.8 Å². The molecule has 3 aliphatic rings. The van der Waals surface area contributed by atoms with Crippen LogP contribution in [0.25, 0.3) is 21.7 Å². The quantitative estimate of drug-likeness (QED) is 0.177. The topological polar surface area (TPSA) is 129 Å². The predicted molar refractivity (Wildman–Crippen MR) is 163 cm³/mol. The standard InChI is InChI=1S/C32H33N7O3S/c33-14-23(12-20-3-4-20)31(41)38-11-1-2-24(38)18-39-26-8-7-22(16-34-15-21-5-6-21)13-25(26)36-32(39)37-30(40)29-10-9-28(43-29)27-17-35-19-42-27/h7-10,12-13,17,19-21,24,34H,1-6,11,15-16,18H2,(H,36,37,40)/b23-12-/t24-/m1/s1. The number of oxazole rings is 1. The third-order valence-corrected chi connectivity index (χ3v) is 9.51. The molecule has 43 heavy (non-hydrogen) atoms. The van der Waals surface area contributed by atoms with E-state index in [1.807, 2.05) is 27.7 Å². The third kappa shape index (κ3) is 6.12. The Morgan fingerprint density at radius 3 is 2.81 bits per heavy atom. The minimum Gasteiger partial charge on any atom is -0.443 e. The van der Waals surface area contributed by atoms with Crippen LogP contribution in [0.3, 0.4) is 0 Å². The Kier molecular flexibility index (Phi) is 7.55. The fourth-order valence-electron chi connectivity index (χ4n) is 5.71. The van der Waals surface area contributed by atoms with Crippen LogP contribution in [0, 0.1) is 23.2 Å². The van der Waals surface area contributed by atoms with E-state index >= 15 is 0 Å². The molecule has 2 saturated carbocycles. The van der Waals surface area contributed by atoms with Crippen molar-refractivity contribution in [3.63, 3.8) is 0 Å². The van der Waals surface area contributed by atoms with Gasteiger partial charge in [0.1, 0.15) is 11.6 Å².